The van der Waals surface area contributed by atoms with E-state index in [9.17, 15) is 0 Å². The number of aromatic nitrogens is 3. The molecule has 0 aliphatic carbocycles. The van der Waals surface area contributed by atoms with Gasteiger partial charge in [-0.05, 0) is 150 Å². The summed E-state index contributed by atoms with van der Waals surface area (Å²) < 4.78 is 9.12. The van der Waals surface area contributed by atoms with Crippen molar-refractivity contribution in [1.29, 1.82) is 0 Å². The minimum absolute atomic E-state index is 0.00759. The number of hydrogen-bond donors (Lipinski definition) is 0. The third-order valence-corrected chi connectivity index (χ3v) is 13.0. The molecule has 3 aromatic heterocycles. The van der Waals surface area contributed by atoms with E-state index in [4.69, 9.17) is 9.72 Å². The molecule has 0 bridgehead atoms. The predicted molar refractivity (Wildman–Crippen MR) is 272 cm³/mol. The van der Waals surface area contributed by atoms with E-state index in [1.165, 1.54) is 61.0 Å². The zero-order chi connectivity index (χ0) is 45.4. The molecule has 0 spiro atoms. The Balaban J connectivity index is 1.03. The van der Waals surface area contributed by atoms with Gasteiger partial charge in [-0.2, -0.15) is 0 Å². The van der Waals surface area contributed by atoms with Gasteiger partial charge in [0.25, 0.3) is 0 Å². The minimum atomic E-state index is -0.0246. The number of rotatable bonds is 7. The van der Waals surface area contributed by atoms with Crippen LogP contribution in [-0.2, 0) is 10.8 Å². The molecule has 0 saturated heterocycles. The molecule has 0 fully saturated rings. The zero-order valence-electron chi connectivity index (χ0n) is 39.3. The topological polar surface area (TPSA) is 46.4 Å². The highest BCUT2D eigenvalue weighted by Crippen LogP contribution is 2.47. The summed E-state index contributed by atoms with van der Waals surface area (Å²) in [5.74, 6) is 2.41. The number of ether oxygens (including phenoxy) is 1. The first-order valence-corrected chi connectivity index (χ1v) is 22.7. The molecule has 0 atom stereocenters. The molecule has 10 rings (SSSR count). The highest BCUT2D eigenvalue weighted by Gasteiger charge is 2.30. The molecule has 0 N–H and O–H groups in total. The summed E-state index contributed by atoms with van der Waals surface area (Å²) in [7, 11) is 0. The van der Waals surface area contributed by atoms with Crippen LogP contribution < -0.4 is 14.5 Å². The fourth-order valence-electron chi connectivity index (χ4n) is 9.67. The van der Waals surface area contributed by atoms with Gasteiger partial charge in [-0.25, -0.2) is 4.98 Å². The van der Waals surface area contributed by atoms with E-state index in [1.54, 1.807) is 0 Å². The van der Waals surface area contributed by atoms with E-state index in [1.807, 2.05) is 24.7 Å². The van der Waals surface area contributed by atoms with E-state index in [0.29, 0.717) is 6.67 Å². The molecule has 6 heteroatoms. The van der Waals surface area contributed by atoms with Gasteiger partial charge in [-0.3, -0.25) is 9.55 Å². The van der Waals surface area contributed by atoms with E-state index >= 15 is 0 Å². The first kappa shape index (κ1) is 41.8. The first-order valence-electron chi connectivity index (χ1n) is 22.7. The van der Waals surface area contributed by atoms with Crippen LogP contribution in [0.5, 0.6) is 11.5 Å². The molecule has 1 aliphatic heterocycles. The lowest BCUT2D eigenvalue weighted by molar-refractivity contribution is 0.483. The van der Waals surface area contributed by atoms with Crippen LogP contribution in [0.2, 0.25) is 0 Å². The van der Waals surface area contributed by atoms with Crippen molar-refractivity contribution in [2.24, 2.45) is 0 Å². The molecule has 324 valence electrons. The smallest absolute Gasteiger partial charge is 0.137 e. The summed E-state index contributed by atoms with van der Waals surface area (Å²) in [4.78, 5) is 14.3. The predicted octanol–water partition coefficient (Wildman–Crippen LogP) is 15.8. The van der Waals surface area contributed by atoms with Crippen molar-refractivity contribution < 1.29 is 4.74 Å². The SMILES string of the molecule is Cc1cc(C)cc(-c2cc(-c3c(C)cccc3C)cc(N3CN(c4cccc(Oc5ccc6c7ccc(C(C)(C)C)cc7n(-c7cc(C(C)(C)C)ccn7)c6c5)c4)c4cnccc43)c2)c1. The fraction of sp³-hybridized carbons (Fsp3) is 0.220. The summed E-state index contributed by atoms with van der Waals surface area (Å²) in [6.45, 7) is 22.9. The van der Waals surface area contributed by atoms with E-state index < -0.39 is 0 Å². The van der Waals surface area contributed by atoms with E-state index in [2.05, 4.69) is 216 Å². The molecular weight excluding hydrogens is 795 g/mol. The number of pyridine rings is 2. The van der Waals surface area contributed by atoms with Crippen molar-refractivity contribution in [3.63, 3.8) is 0 Å². The lowest BCUT2D eigenvalue weighted by Gasteiger charge is -2.24. The molecule has 4 heterocycles. The van der Waals surface area contributed by atoms with Crippen LogP contribution in [0.25, 0.3) is 49.9 Å². The summed E-state index contributed by atoms with van der Waals surface area (Å²) in [5, 5.41) is 2.35. The molecule has 9 aromatic rings. The molecule has 0 amide bonds. The van der Waals surface area contributed by atoms with Crippen LogP contribution in [0, 0.1) is 27.7 Å². The lowest BCUT2D eigenvalue weighted by atomic mass is 9.86. The molecule has 65 heavy (non-hydrogen) atoms. The van der Waals surface area contributed by atoms with Gasteiger partial charge in [0.2, 0.25) is 0 Å². The molecular formula is C59H57N5O. The van der Waals surface area contributed by atoms with Gasteiger partial charge in [0.15, 0.2) is 0 Å². The van der Waals surface area contributed by atoms with Gasteiger partial charge in [0.05, 0.1) is 28.6 Å². The Bertz CT molecular complexity index is 3270. The second kappa shape index (κ2) is 15.8. The Morgan fingerprint density at radius 1 is 0.508 bits per heavy atom. The Morgan fingerprint density at radius 2 is 1.14 bits per heavy atom. The highest BCUT2D eigenvalue weighted by molar-refractivity contribution is 6.09. The van der Waals surface area contributed by atoms with Gasteiger partial charge in [0.1, 0.15) is 24.0 Å². The van der Waals surface area contributed by atoms with Crippen molar-refractivity contribution in [2.75, 3.05) is 16.5 Å². The van der Waals surface area contributed by atoms with Crippen LogP contribution in [-0.4, -0.2) is 21.2 Å². The average molecular weight is 852 g/mol. The monoisotopic (exact) mass is 851 g/mol. The molecule has 0 unspecified atom stereocenters. The van der Waals surface area contributed by atoms with Crippen LogP contribution in [0.15, 0.2) is 152 Å². The van der Waals surface area contributed by atoms with Crippen LogP contribution in [0.3, 0.4) is 0 Å². The Morgan fingerprint density at radius 3 is 1.88 bits per heavy atom. The fourth-order valence-corrected chi connectivity index (χ4v) is 9.67. The van der Waals surface area contributed by atoms with Crippen LogP contribution >= 0.6 is 0 Å². The molecule has 1 aliphatic rings. The summed E-state index contributed by atoms with van der Waals surface area (Å²) in [6.07, 6.45) is 5.80. The van der Waals surface area contributed by atoms with Gasteiger partial charge in [-0.1, -0.05) is 107 Å². The first-order chi connectivity index (χ1) is 31.1. The maximum absolute atomic E-state index is 6.81. The second-order valence-corrected chi connectivity index (χ2v) is 20.0. The van der Waals surface area contributed by atoms with Gasteiger partial charge < -0.3 is 14.5 Å². The van der Waals surface area contributed by atoms with Crippen molar-refractivity contribution in [2.45, 2.75) is 80.1 Å². The Kier molecular flexibility index (Phi) is 10.2. The highest BCUT2D eigenvalue weighted by atomic mass is 16.5. The Hall–Kier alpha value is -7.18. The van der Waals surface area contributed by atoms with Gasteiger partial charge >= 0.3 is 0 Å². The quantitative estimate of drug-likeness (QED) is 0.160. The summed E-state index contributed by atoms with van der Waals surface area (Å²) in [6, 6.07) is 48.6. The number of nitrogens with zero attached hydrogens (tertiary/aromatic N) is 5. The standard InChI is InChI=1S/C59H57N5O/c1-37-25-38(2)27-41(26-37)42-28-43(57-39(3)13-11-14-40(57)4)30-47(29-42)63-36-62(55-35-60-23-22-52(55)63)46-15-12-16-48(33-46)65-49-18-20-51-50-19-17-44(58(5,6)7)31-53(50)64(54(51)34-49)56-32-45(21-24-61-56)59(8,9)10/h11-35H,36H2,1-10H3. The van der Waals surface area contributed by atoms with Crippen LogP contribution in [0.4, 0.5) is 22.7 Å². The summed E-state index contributed by atoms with van der Waals surface area (Å²) in [5.41, 5.74) is 18.9. The van der Waals surface area contributed by atoms with Crippen molar-refractivity contribution in [3.05, 3.63) is 185 Å². The van der Waals surface area contributed by atoms with E-state index in [-0.39, 0.29) is 10.8 Å². The third kappa shape index (κ3) is 7.81. The molecule has 6 aromatic carbocycles. The van der Waals surface area contributed by atoms with Crippen molar-refractivity contribution >= 4 is 44.6 Å². The number of hydrogen-bond acceptors (Lipinski definition) is 5. The maximum atomic E-state index is 6.81. The van der Waals surface area contributed by atoms with Gasteiger partial charge in [-0.15, -0.1) is 0 Å². The molecule has 0 radical (unpaired) electrons. The summed E-state index contributed by atoms with van der Waals surface area (Å²) >= 11 is 0. The van der Waals surface area contributed by atoms with Gasteiger partial charge in [0, 0.05) is 46.7 Å². The molecule has 6 nitrogen and oxygen atoms in total. The number of aryl methyl sites for hydroxylation is 4. The van der Waals surface area contributed by atoms with E-state index in [0.717, 1.165) is 56.5 Å². The number of benzene rings is 6. The number of anilines is 4. The second-order valence-electron chi connectivity index (χ2n) is 20.0. The third-order valence-electron chi connectivity index (χ3n) is 13.0. The number of fused-ring (bicyclic) bond motifs is 4. The zero-order valence-corrected chi connectivity index (χ0v) is 39.3. The molecule has 0 saturated carbocycles. The normalized spacial score (nSPS) is 13.0. The Labute approximate surface area is 383 Å². The minimum Gasteiger partial charge on any atom is -0.457 e. The lowest BCUT2D eigenvalue weighted by Crippen LogP contribution is -2.24. The average Bonchev–Trinajstić information content (AvgIpc) is 3.81. The maximum Gasteiger partial charge on any atom is 0.137 e. The van der Waals surface area contributed by atoms with Crippen molar-refractivity contribution in [1.82, 2.24) is 14.5 Å². The van der Waals surface area contributed by atoms with Crippen LogP contribution in [0.1, 0.15) is 74.9 Å². The van der Waals surface area contributed by atoms with Crippen molar-refractivity contribution in [3.8, 4) is 39.6 Å². The largest absolute Gasteiger partial charge is 0.457 e.